The third-order valence-electron chi connectivity index (χ3n) is 3.07. The number of nitrogens with one attached hydrogen (secondary N) is 1. The van der Waals surface area contributed by atoms with Crippen molar-refractivity contribution < 1.29 is 19.4 Å². The van der Waals surface area contributed by atoms with Crippen LogP contribution in [0.5, 0.6) is 11.5 Å². The zero-order valence-corrected chi connectivity index (χ0v) is 12.5. The number of amides is 1. The van der Waals surface area contributed by atoms with Crippen molar-refractivity contribution in [2.45, 2.75) is 32.3 Å². The van der Waals surface area contributed by atoms with E-state index in [1.807, 2.05) is 6.92 Å². The normalized spacial score (nSPS) is 13.4. The van der Waals surface area contributed by atoms with E-state index in [4.69, 9.17) is 9.47 Å². The van der Waals surface area contributed by atoms with E-state index < -0.39 is 5.60 Å². The number of ether oxygens (including phenoxy) is 2. The fourth-order valence-corrected chi connectivity index (χ4v) is 2.06. The van der Waals surface area contributed by atoms with Crippen LogP contribution in [-0.4, -0.2) is 37.4 Å². The Morgan fingerprint density at radius 2 is 1.85 bits per heavy atom. The summed E-state index contributed by atoms with van der Waals surface area (Å²) in [6.07, 6.45) is 1.47. The Labute approximate surface area is 119 Å². The van der Waals surface area contributed by atoms with Gasteiger partial charge in [0.1, 0.15) is 17.1 Å². The minimum atomic E-state index is -0.917. The van der Waals surface area contributed by atoms with Crippen LogP contribution < -0.4 is 14.8 Å². The number of rotatable bonds is 7. The van der Waals surface area contributed by atoms with Crippen molar-refractivity contribution in [3.63, 3.8) is 0 Å². The van der Waals surface area contributed by atoms with Crippen LogP contribution in [0.15, 0.2) is 18.2 Å². The molecular formula is C15H23NO4. The lowest BCUT2D eigenvalue weighted by Gasteiger charge is -2.23. The lowest BCUT2D eigenvalue weighted by atomic mass is 10.0. The van der Waals surface area contributed by atoms with Gasteiger partial charge in [-0.1, -0.05) is 19.4 Å². The van der Waals surface area contributed by atoms with Crippen LogP contribution >= 0.6 is 0 Å². The standard InChI is InChI=1S/C15H23NO4/c1-5-9-15(2,18)10-16-14(17)13-11(19-3)7-6-8-12(13)20-4/h6-8,18H,5,9-10H2,1-4H3,(H,16,17). The summed E-state index contributed by atoms with van der Waals surface area (Å²) in [6.45, 7) is 3.87. The van der Waals surface area contributed by atoms with Crippen LogP contribution in [0.3, 0.4) is 0 Å². The minimum absolute atomic E-state index is 0.181. The molecule has 1 aromatic rings. The highest BCUT2D eigenvalue weighted by Crippen LogP contribution is 2.28. The highest BCUT2D eigenvalue weighted by molar-refractivity contribution is 5.99. The summed E-state index contributed by atoms with van der Waals surface area (Å²) in [7, 11) is 3.00. The fraction of sp³-hybridized carbons (Fsp3) is 0.533. The van der Waals surface area contributed by atoms with Gasteiger partial charge < -0.3 is 19.9 Å². The first kappa shape index (κ1) is 16.3. The molecule has 0 radical (unpaired) electrons. The van der Waals surface area contributed by atoms with Crippen molar-refractivity contribution in [1.29, 1.82) is 0 Å². The van der Waals surface area contributed by atoms with Gasteiger partial charge in [0.25, 0.3) is 5.91 Å². The number of carbonyl (C=O) groups is 1. The molecule has 1 atom stereocenters. The summed E-state index contributed by atoms with van der Waals surface area (Å²) in [5, 5.41) is 12.8. The van der Waals surface area contributed by atoms with Gasteiger partial charge in [-0.3, -0.25) is 4.79 Å². The van der Waals surface area contributed by atoms with E-state index in [1.165, 1.54) is 14.2 Å². The Hall–Kier alpha value is -1.75. The third kappa shape index (κ3) is 4.13. The summed E-state index contributed by atoms with van der Waals surface area (Å²) < 4.78 is 10.4. The Kier molecular flexibility index (Phi) is 5.82. The average Bonchev–Trinajstić information content (AvgIpc) is 2.43. The molecule has 0 aliphatic rings. The molecule has 0 aliphatic carbocycles. The Bertz CT molecular complexity index is 435. The molecule has 112 valence electrons. The second kappa shape index (κ2) is 7.14. The summed E-state index contributed by atoms with van der Waals surface area (Å²) in [5.74, 6) is 0.560. The summed E-state index contributed by atoms with van der Waals surface area (Å²) in [6, 6.07) is 5.14. The van der Waals surface area contributed by atoms with E-state index in [0.29, 0.717) is 23.5 Å². The monoisotopic (exact) mass is 281 g/mol. The molecule has 0 saturated carbocycles. The zero-order chi connectivity index (χ0) is 15.2. The van der Waals surface area contributed by atoms with Crippen molar-refractivity contribution in [2.75, 3.05) is 20.8 Å². The van der Waals surface area contributed by atoms with E-state index in [0.717, 1.165) is 6.42 Å². The molecule has 5 heteroatoms. The fourth-order valence-electron chi connectivity index (χ4n) is 2.06. The molecule has 1 rings (SSSR count). The molecule has 0 heterocycles. The molecule has 2 N–H and O–H groups in total. The van der Waals surface area contributed by atoms with Crippen LogP contribution in [0.2, 0.25) is 0 Å². The lowest BCUT2D eigenvalue weighted by Crippen LogP contribution is -2.40. The van der Waals surface area contributed by atoms with Gasteiger partial charge in [-0.15, -0.1) is 0 Å². The molecule has 0 aliphatic heterocycles. The number of methoxy groups -OCH3 is 2. The van der Waals surface area contributed by atoms with Gasteiger partial charge in [0, 0.05) is 6.54 Å². The maximum atomic E-state index is 12.3. The molecule has 0 saturated heterocycles. The molecule has 0 aromatic heterocycles. The highest BCUT2D eigenvalue weighted by Gasteiger charge is 2.23. The van der Waals surface area contributed by atoms with Gasteiger partial charge in [0.2, 0.25) is 0 Å². The SMILES string of the molecule is CCCC(C)(O)CNC(=O)c1c(OC)cccc1OC. The maximum Gasteiger partial charge on any atom is 0.258 e. The molecule has 20 heavy (non-hydrogen) atoms. The molecule has 1 aromatic carbocycles. The summed E-state index contributed by atoms with van der Waals surface area (Å²) in [5.41, 5.74) is -0.579. The van der Waals surface area contributed by atoms with Crippen molar-refractivity contribution in [3.8, 4) is 11.5 Å². The van der Waals surface area contributed by atoms with Crippen molar-refractivity contribution in [1.82, 2.24) is 5.32 Å². The van der Waals surface area contributed by atoms with Crippen LogP contribution in [0.1, 0.15) is 37.0 Å². The zero-order valence-electron chi connectivity index (χ0n) is 12.5. The van der Waals surface area contributed by atoms with E-state index in [-0.39, 0.29) is 12.5 Å². The number of hydrogen-bond donors (Lipinski definition) is 2. The number of hydrogen-bond acceptors (Lipinski definition) is 4. The average molecular weight is 281 g/mol. The van der Waals surface area contributed by atoms with Crippen LogP contribution in [0, 0.1) is 0 Å². The predicted molar refractivity (Wildman–Crippen MR) is 77.4 cm³/mol. The largest absolute Gasteiger partial charge is 0.496 e. The van der Waals surface area contributed by atoms with Gasteiger partial charge >= 0.3 is 0 Å². The Morgan fingerprint density at radius 3 is 2.30 bits per heavy atom. The van der Waals surface area contributed by atoms with Crippen LogP contribution in [-0.2, 0) is 0 Å². The first-order chi connectivity index (χ1) is 9.45. The molecular weight excluding hydrogens is 258 g/mol. The van der Waals surface area contributed by atoms with Crippen LogP contribution in [0.4, 0.5) is 0 Å². The van der Waals surface area contributed by atoms with E-state index in [9.17, 15) is 9.90 Å². The Balaban J connectivity index is 2.87. The van der Waals surface area contributed by atoms with E-state index in [1.54, 1.807) is 25.1 Å². The maximum absolute atomic E-state index is 12.3. The second-order valence-corrected chi connectivity index (χ2v) is 4.97. The molecule has 0 fully saturated rings. The molecule has 1 amide bonds. The summed E-state index contributed by atoms with van der Waals surface area (Å²) in [4.78, 5) is 12.3. The minimum Gasteiger partial charge on any atom is -0.496 e. The number of benzene rings is 1. The van der Waals surface area contributed by atoms with Gasteiger partial charge in [-0.2, -0.15) is 0 Å². The number of carbonyl (C=O) groups excluding carboxylic acids is 1. The third-order valence-corrected chi connectivity index (χ3v) is 3.07. The van der Waals surface area contributed by atoms with Gasteiger partial charge in [-0.25, -0.2) is 0 Å². The second-order valence-electron chi connectivity index (χ2n) is 4.97. The van der Waals surface area contributed by atoms with E-state index in [2.05, 4.69) is 5.32 Å². The Morgan fingerprint density at radius 1 is 1.30 bits per heavy atom. The first-order valence-electron chi connectivity index (χ1n) is 6.66. The van der Waals surface area contributed by atoms with E-state index >= 15 is 0 Å². The molecule has 5 nitrogen and oxygen atoms in total. The van der Waals surface area contributed by atoms with Crippen molar-refractivity contribution in [2.24, 2.45) is 0 Å². The van der Waals surface area contributed by atoms with Gasteiger partial charge in [0.15, 0.2) is 0 Å². The van der Waals surface area contributed by atoms with Crippen LogP contribution in [0.25, 0.3) is 0 Å². The first-order valence-corrected chi connectivity index (χ1v) is 6.66. The highest BCUT2D eigenvalue weighted by atomic mass is 16.5. The molecule has 1 unspecified atom stereocenters. The van der Waals surface area contributed by atoms with Gasteiger partial charge in [-0.05, 0) is 25.5 Å². The molecule has 0 bridgehead atoms. The summed E-state index contributed by atoms with van der Waals surface area (Å²) >= 11 is 0. The predicted octanol–water partition coefficient (Wildman–Crippen LogP) is 1.98. The van der Waals surface area contributed by atoms with Gasteiger partial charge in [0.05, 0.1) is 19.8 Å². The number of aliphatic hydroxyl groups is 1. The van der Waals surface area contributed by atoms with Crippen molar-refractivity contribution >= 4 is 5.91 Å². The quantitative estimate of drug-likeness (QED) is 0.802. The lowest BCUT2D eigenvalue weighted by molar-refractivity contribution is 0.0468. The van der Waals surface area contributed by atoms with Crippen molar-refractivity contribution in [3.05, 3.63) is 23.8 Å². The topological polar surface area (TPSA) is 67.8 Å². The molecule has 0 spiro atoms. The smallest absolute Gasteiger partial charge is 0.258 e.